The number of hydrogen-bond donors (Lipinski definition) is 1. The largest absolute Gasteiger partial charge is 0.457 e. The normalized spacial score (nSPS) is 16.2. The summed E-state index contributed by atoms with van der Waals surface area (Å²) in [4.78, 5) is 0. The Balaban J connectivity index is 0.00000161. The molecule has 3 heteroatoms. The molecule has 2 N–H and O–H groups in total. The van der Waals surface area contributed by atoms with Gasteiger partial charge in [-0.05, 0) is 48.6 Å². The molecule has 21 heavy (non-hydrogen) atoms. The van der Waals surface area contributed by atoms with Gasteiger partial charge in [0.2, 0.25) is 0 Å². The predicted octanol–water partition coefficient (Wildman–Crippen LogP) is 5.09. The van der Waals surface area contributed by atoms with Gasteiger partial charge in [0.25, 0.3) is 0 Å². The van der Waals surface area contributed by atoms with Crippen molar-refractivity contribution in [3.05, 3.63) is 60.2 Å². The van der Waals surface area contributed by atoms with Crippen LogP contribution in [-0.2, 0) is 0 Å². The minimum absolute atomic E-state index is 0. The van der Waals surface area contributed by atoms with E-state index in [2.05, 4.69) is 12.1 Å². The van der Waals surface area contributed by atoms with Gasteiger partial charge >= 0.3 is 0 Å². The van der Waals surface area contributed by atoms with Crippen LogP contribution in [0, 0.1) is 5.92 Å². The van der Waals surface area contributed by atoms with Crippen LogP contribution in [0.3, 0.4) is 0 Å². The molecule has 1 fully saturated rings. The van der Waals surface area contributed by atoms with Gasteiger partial charge in [0.15, 0.2) is 0 Å². The Labute approximate surface area is 132 Å². The number of para-hydroxylation sites is 1. The fraction of sp³-hybridized carbons (Fsp3) is 0.333. The molecule has 0 amide bonds. The Morgan fingerprint density at radius 3 is 2.05 bits per heavy atom. The maximum Gasteiger partial charge on any atom is 0.127 e. The molecule has 0 radical (unpaired) electrons. The summed E-state index contributed by atoms with van der Waals surface area (Å²) in [5.41, 5.74) is 7.58. The number of hydrogen-bond acceptors (Lipinski definition) is 2. The zero-order chi connectivity index (χ0) is 13.8. The predicted molar refractivity (Wildman–Crippen MR) is 89.1 cm³/mol. The fourth-order valence-electron chi connectivity index (χ4n) is 2.97. The number of halogens is 1. The highest BCUT2D eigenvalue weighted by Gasteiger charge is 2.23. The summed E-state index contributed by atoms with van der Waals surface area (Å²) >= 11 is 0. The molecule has 0 heterocycles. The average molecular weight is 304 g/mol. The molecule has 0 spiro atoms. The Bertz CT molecular complexity index is 535. The Morgan fingerprint density at radius 2 is 1.43 bits per heavy atom. The first-order valence-corrected chi connectivity index (χ1v) is 7.41. The van der Waals surface area contributed by atoms with Gasteiger partial charge in [0.05, 0.1) is 0 Å². The highest BCUT2D eigenvalue weighted by molar-refractivity contribution is 5.85. The lowest BCUT2D eigenvalue weighted by atomic mass is 9.92. The van der Waals surface area contributed by atoms with Gasteiger partial charge < -0.3 is 10.5 Å². The van der Waals surface area contributed by atoms with Crippen LogP contribution in [0.2, 0.25) is 0 Å². The molecular formula is C18H22ClNO. The van der Waals surface area contributed by atoms with Crippen molar-refractivity contribution in [2.24, 2.45) is 11.7 Å². The van der Waals surface area contributed by atoms with Crippen LogP contribution in [-0.4, -0.2) is 0 Å². The summed E-state index contributed by atoms with van der Waals surface area (Å²) in [6.07, 6.45) is 5.19. The van der Waals surface area contributed by atoms with Gasteiger partial charge in [-0.2, -0.15) is 0 Å². The van der Waals surface area contributed by atoms with Gasteiger partial charge in [-0.1, -0.05) is 43.2 Å². The highest BCUT2D eigenvalue weighted by Crippen LogP contribution is 2.34. The van der Waals surface area contributed by atoms with Crippen LogP contribution in [0.4, 0.5) is 0 Å². The third kappa shape index (κ3) is 3.99. The maximum atomic E-state index is 6.36. The lowest BCUT2D eigenvalue weighted by molar-refractivity contribution is 0.443. The van der Waals surface area contributed by atoms with Gasteiger partial charge in [0, 0.05) is 6.04 Å². The molecule has 1 aliphatic rings. The fourth-order valence-corrected chi connectivity index (χ4v) is 2.97. The lowest BCUT2D eigenvalue weighted by Gasteiger charge is -2.19. The number of ether oxygens (including phenoxy) is 1. The molecule has 2 aromatic rings. The first-order valence-electron chi connectivity index (χ1n) is 7.41. The zero-order valence-electron chi connectivity index (χ0n) is 12.1. The van der Waals surface area contributed by atoms with Crippen LogP contribution in [0.1, 0.15) is 37.3 Å². The lowest BCUT2D eigenvalue weighted by Crippen LogP contribution is -2.18. The second-order valence-corrected chi connectivity index (χ2v) is 5.55. The molecule has 2 nitrogen and oxygen atoms in total. The first kappa shape index (κ1) is 15.9. The van der Waals surface area contributed by atoms with Gasteiger partial charge in [-0.15, -0.1) is 12.4 Å². The Hall–Kier alpha value is -1.51. The van der Waals surface area contributed by atoms with Crippen LogP contribution >= 0.6 is 12.4 Å². The summed E-state index contributed by atoms with van der Waals surface area (Å²) in [5.74, 6) is 2.37. The topological polar surface area (TPSA) is 35.2 Å². The minimum atomic E-state index is 0. The second-order valence-electron chi connectivity index (χ2n) is 5.55. The van der Waals surface area contributed by atoms with Gasteiger partial charge in [0.1, 0.15) is 11.5 Å². The van der Waals surface area contributed by atoms with Crippen LogP contribution in [0.5, 0.6) is 11.5 Å². The summed E-state index contributed by atoms with van der Waals surface area (Å²) in [6.45, 7) is 0. The molecule has 0 bridgehead atoms. The van der Waals surface area contributed by atoms with Gasteiger partial charge in [-0.25, -0.2) is 0 Å². The minimum Gasteiger partial charge on any atom is -0.457 e. The highest BCUT2D eigenvalue weighted by atomic mass is 35.5. The monoisotopic (exact) mass is 303 g/mol. The van der Waals surface area contributed by atoms with Crippen molar-refractivity contribution in [3.63, 3.8) is 0 Å². The maximum absolute atomic E-state index is 6.36. The molecule has 1 atom stereocenters. The summed E-state index contributed by atoms with van der Waals surface area (Å²) in [7, 11) is 0. The van der Waals surface area contributed by atoms with Crippen molar-refractivity contribution in [1.82, 2.24) is 0 Å². The van der Waals surface area contributed by atoms with Crippen molar-refractivity contribution in [1.29, 1.82) is 0 Å². The van der Waals surface area contributed by atoms with Gasteiger partial charge in [-0.3, -0.25) is 0 Å². The number of nitrogens with two attached hydrogens (primary N) is 1. The van der Waals surface area contributed by atoms with E-state index in [0.717, 1.165) is 11.5 Å². The third-order valence-electron chi connectivity index (χ3n) is 4.15. The van der Waals surface area contributed by atoms with E-state index in [-0.39, 0.29) is 18.4 Å². The second kappa shape index (κ2) is 7.48. The molecule has 0 aliphatic heterocycles. The SMILES string of the molecule is Cl.N[C@@H](c1ccc(Oc2ccccc2)cc1)C1CCCC1. The number of benzene rings is 2. The van der Waals surface area contributed by atoms with Crippen LogP contribution < -0.4 is 10.5 Å². The first-order chi connectivity index (χ1) is 9.83. The van der Waals surface area contributed by atoms with Crippen molar-refractivity contribution in [3.8, 4) is 11.5 Å². The summed E-state index contributed by atoms with van der Waals surface area (Å²) in [6, 6.07) is 18.2. The summed E-state index contributed by atoms with van der Waals surface area (Å²) in [5, 5.41) is 0. The van der Waals surface area contributed by atoms with E-state index >= 15 is 0 Å². The molecule has 0 aromatic heterocycles. The van der Waals surface area contributed by atoms with Crippen molar-refractivity contribution >= 4 is 12.4 Å². The molecule has 1 aliphatic carbocycles. The van der Waals surface area contributed by atoms with E-state index in [0.29, 0.717) is 5.92 Å². The van der Waals surface area contributed by atoms with E-state index in [1.165, 1.54) is 31.2 Å². The summed E-state index contributed by atoms with van der Waals surface area (Å²) < 4.78 is 5.80. The average Bonchev–Trinajstić information content (AvgIpc) is 3.03. The van der Waals surface area contributed by atoms with Crippen molar-refractivity contribution in [2.75, 3.05) is 0 Å². The van der Waals surface area contributed by atoms with E-state index in [9.17, 15) is 0 Å². The zero-order valence-corrected chi connectivity index (χ0v) is 12.9. The molecular weight excluding hydrogens is 282 g/mol. The standard InChI is InChI=1S/C18H21NO.ClH/c19-18(14-6-4-5-7-14)15-10-12-17(13-11-15)20-16-8-2-1-3-9-16;/h1-3,8-14,18H,4-7,19H2;1H/t18-;/m1./s1. The van der Waals surface area contributed by atoms with Crippen molar-refractivity contribution < 1.29 is 4.74 Å². The smallest absolute Gasteiger partial charge is 0.127 e. The number of rotatable bonds is 4. The molecule has 3 rings (SSSR count). The van der Waals surface area contributed by atoms with Crippen LogP contribution in [0.25, 0.3) is 0 Å². The molecule has 0 unspecified atom stereocenters. The van der Waals surface area contributed by atoms with E-state index in [1.54, 1.807) is 0 Å². The Morgan fingerprint density at radius 1 is 0.857 bits per heavy atom. The van der Waals surface area contributed by atoms with E-state index < -0.39 is 0 Å². The van der Waals surface area contributed by atoms with E-state index in [1.807, 2.05) is 42.5 Å². The molecule has 0 saturated heterocycles. The Kier molecular flexibility index (Phi) is 5.66. The third-order valence-corrected chi connectivity index (χ3v) is 4.15. The molecule has 1 saturated carbocycles. The van der Waals surface area contributed by atoms with Crippen molar-refractivity contribution in [2.45, 2.75) is 31.7 Å². The molecule has 112 valence electrons. The van der Waals surface area contributed by atoms with Crippen LogP contribution in [0.15, 0.2) is 54.6 Å². The quantitative estimate of drug-likeness (QED) is 0.853. The van der Waals surface area contributed by atoms with E-state index in [4.69, 9.17) is 10.5 Å². The molecule has 2 aromatic carbocycles.